The number of hydrogen-bond acceptors (Lipinski definition) is 6. The monoisotopic (exact) mass is 502 g/mol. The van der Waals surface area contributed by atoms with Crippen molar-refractivity contribution in [2.45, 2.75) is 0 Å². The van der Waals surface area contributed by atoms with Gasteiger partial charge in [0.2, 0.25) is 0 Å². The molecular weight excluding hydrogens is 480 g/mol. The molecule has 0 bridgehead atoms. The van der Waals surface area contributed by atoms with E-state index in [0.717, 1.165) is 0 Å². The number of aldehydes is 2. The molecule has 0 saturated heterocycles. The number of benzene rings is 4. The second kappa shape index (κ2) is 12.6. The molecule has 4 aromatic rings. The van der Waals surface area contributed by atoms with Crippen LogP contribution >= 0.6 is 0 Å². The highest BCUT2D eigenvalue weighted by atomic mass is 16.5. The summed E-state index contributed by atoms with van der Waals surface area (Å²) in [7, 11) is 0. The Labute approximate surface area is 219 Å². The van der Waals surface area contributed by atoms with Crippen LogP contribution in [0.25, 0.3) is 12.2 Å². The first kappa shape index (κ1) is 25.7. The van der Waals surface area contributed by atoms with Gasteiger partial charge in [-0.2, -0.15) is 0 Å². The zero-order valence-electron chi connectivity index (χ0n) is 20.2. The van der Waals surface area contributed by atoms with E-state index in [9.17, 15) is 19.2 Å². The highest BCUT2D eigenvalue weighted by Gasteiger charge is 2.10. The fourth-order valence-electron chi connectivity index (χ4n) is 3.47. The lowest BCUT2D eigenvalue weighted by atomic mass is 10.0. The zero-order valence-corrected chi connectivity index (χ0v) is 20.2. The van der Waals surface area contributed by atoms with Gasteiger partial charge in [-0.05, 0) is 71.8 Å². The largest absolute Gasteiger partial charge is 0.423 e. The third-order valence-electron chi connectivity index (χ3n) is 5.43. The molecule has 0 saturated carbocycles. The molecule has 4 aromatic carbocycles. The summed E-state index contributed by atoms with van der Waals surface area (Å²) in [6, 6.07) is 30.4. The summed E-state index contributed by atoms with van der Waals surface area (Å²) in [5.41, 5.74) is 2.50. The van der Waals surface area contributed by atoms with Gasteiger partial charge in [0.05, 0.1) is 11.1 Å². The average molecular weight is 503 g/mol. The average Bonchev–Trinajstić information content (AvgIpc) is 2.97. The predicted molar refractivity (Wildman–Crippen MR) is 144 cm³/mol. The molecule has 4 rings (SSSR count). The molecule has 0 aliphatic heterocycles. The predicted octanol–water partition coefficient (Wildman–Crippen LogP) is 5.99. The topological polar surface area (TPSA) is 86.7 Å². The summed E-state index contributed by atoms with van der Waals surface area (Å²) in [5, 5.41) is 0. The lowest BCUT2D eigenvalue weighted by molar-refractivity contribution is -0.107. The molecule has 0 aliphatic carbocycles. The summed E-state index contributed by atoms with van der Waals surface area (Å²) in [6.45, 7) is 0. The van der Waals surface area contributed by atoms with Crippen molar-refractivity contribution in [3.63, 3.8) is 0 Å². The lowest BCUT2D eigenvalue weighted by Gasteiger charge is -2.06. The Kier molecular flexibility index (Phi) is 8.50. The van der Waals surface area contributed by atoms with Crippen LogP contribution in [-0.4, -0.2) is 24.5 Å². The van der Waals surface area contributed by atoms with Gasteiger partial charge < -0.3 is 9.47 Å². The van der Waals surface area contributed by atoms with Crippen LogP contribution in [0.1, 0.15) is 31.8 Å². The summed E-state index contributed by atoms with van der Waals surface area (Å²) in [4.78, 5) is 48.0. The molecule has 0 aromatic heterocycles. The van der Waals surface area contributed by atoms with E-state index in [0.29, 0.717) is 46.3 Å². The molecule has 0 fully saturated rings. The molecule has 38 heavy (non-hydrogen) atoms. The third kappa shape index (κ3) is 6.86. The quantitative estimate of drug-likeness (QED) is 0.0919. The fraction of sp³-hybridized carbons (Fsp3) is 0. The van der Waals surface area contributed by atoms with Crippen LogP contribution in [-0.2, 0) is 9.59 Å². The first-order chi connectivity index (χ1) is 18.6. The minimum atomic E-state index is -0.477. The van der Waals surface area contributed by atoms with Gasteiger partial charge in [-0.3, -0.25) is 9.59 Å². The Balaban J connectivity index is 1.45. The second-order valence-electron chi connectivity index (χ2n) is 8.08. The van der Waals surface area contributed by atoms with Crippen LogP contribution in [0, 0.1) is 0 Å². The molecule has 0 unspecified atom stereocenters. The molecule has 6 heteroatoms. The maximum Gasteiger partial charge on any atom is 0.343 e. The molecule has 0 atom stereocenters. The van der Waals surface area contributed by atoms with Gasteiger partial charge >= 0.3 is 11.9 Å². The maximum absolute atomic E-state index is 12.2. The first-order valence-corrected chi connectivity index (χ1v) is 11.6. The summed E-state index contributed by atoms with van der Waals surface area (Å²) >= 11 is 0. The number of rotatable bonds is 9. The van der Waals surface area contributed by atoms with Crippen LogP contribution in [0.15, 0.2) is 120 Å². The molecule has 0 amide bonds. The fourth-order valence-corrected chi connectivity index (χ4v) is 3.47. The van der Waals surface area contributed by atoms with E-state index < -0.39 is 11.9 Å². The van der Waals surface area contributed by atoms with Gasteiger partial charge in [0.15, 0.2) is 12.6 Å². The highest BCUT2D eigenvalue weighted by molar-refractivity contribution is 6.02. The number of carbonyl (C=O) groups excluding carboxylic acids is 4. The van der Waals surface area contributed by atoms with Crippen LogP contribution in [0.5, 0.6) is 11.5 Å². The number of allylic oxidation sites excluding steroid dienone is 2. The minimum Gasteiger partial charge on any atom is -0.423 e. The Hall–Kier alpha value is -5.36. The van der Waals surface area contributed by atoms with Gasteiger partial charge in [0.25, 0.3) is 0 Å². The SMILES string of the molecule is O=CC(=C\c1ccc(OC(=O)c2ccccc2)cc1)/C(C=O)=C/c1ccc(OC(=O)c2ccccc2)cc1. The van der Waals surface area contributed by atoms with Crippen molar-refractivity contribution >= 4 is 36.7 Å². The van der Waals surface area contributed by atoms with Gasteiger partial charge in [0.1, 0.15) is 11.5 Å². The zero-order chi connectivity index (χ0) is 26.7. The van der Waals surface area contributed by atoms with E-state index in [1.807, 2.05) is 12.1 Å². The number of esters is 2. The molecule has 0 N–H and O–H groups in total. The third-order valence-corrected chi connectivity index (χ3v) is 5.43. The minimum absolute atomic E-state index is 0.175. The van der Waals surface area contributed by atoms with Crippen molar-refractivity contribution in [2.75, 3.05) is 0 Å². The van der Waals surface area contributed by atoms with Crippen LogP contribution in [0.3, 0.4) is 0 Å². The maximum atomic E-state index is 12.2. The molecular formula is C32H22O6. The van der Waals surface area contributed by atoms with E-state index in [4.69, 9.17) is 9.47 Å². The van der Waals surface area contributed by atoms with E-state index in [2.05, 4.69) is 0 Å². The van der Waals surface area contributed by atoms with Crippen molar-refractivity contribution in [3.8, 4) is 11.5 Å². The second-order valence-corrected chi connectivity index (χ2v) is 8.08. The number of carbonyl (C=O) groups is 4. The standard InChI is InChI=1S/C32H22O6/c33-21-27(19-23-11-15-29(16-12-23)37-31(35)25-7-3-1-4-8-25)28(22-34)20-24-13-17-30(18-14-24)38-32(36)26-9-5-2-6-10-26/h1-22H/b27-19+,28-20+. The Bertz CT molecular complexity index is 1370. The van der Waals surface area contributed by atoms with Crippen molar-refractivity contribution in [2.24, 2.45) is 0 Å². The van der Waals surface area contributed by atoms with E-state index in [1.54, 1.807) is 109 Å². The van der Waals surface area contributed by atoms with Gasteiger partial charge in [0, 0.05) is 11.1 Å². The Morgan fingerprint density at radius 3 is 1.13 bits per heavy atom. The molecule has 0 spiro atoms. The first-order valence-electron chi connectivity index (χ1n) is 11.6. The molecule has 0 aliphatic rings. The molecule has 6 nitrogen and oxygen atoms in total. The smallest absolute Gasteiger partial charge is 0.343 e. The Morgan fingerprint density at radius 1 is 0.474 bits per heavy atom. The highest BCUT2D eigenvalue weighted by Crippen LogP contribution is 2.21. The Morgan fingerprint density at radius 2 is 0.816 bits per heavy atom. The molecule has 0 heterocycles. The number of ether oxygens (including phenoxy) is 2. The van der Waals surface area contributed by atoms with Crippen molar-refractivity contribution < 1.29 is 28.7 Å². The van der Waals surface area contributed by atoms with Crippen LogP contribution < -0.4 is 9.47 Å². The van der Waals surface area contributed by atoms with E-state index in [1.165, 1.54) is 0 Å². The molecule has 0 radical (unpaired) electrons. The van der Waals surface area contributed by atoms with Crippen LogP contribution in [0.2, 0.25) is 0 Å². The van der Waals surface area contributed by atoms with Gasteiger partial charge in [-0.15, -0.1) is 0 Å². The van der Waals surface area contributed by atoms with E-state index in [-0.39, 0.29) is 11.1 Å². The summed E-state index contributed by atoms with van der Waals surface area (Å²) in [5.74, 6) is -0.255. The summed E-state index contributed by atoms with van der Waals surface area (Å²) in [6.07, 6.45) is 4.32. The van der Waals surface area contributed by atoms with Gasteiger partial charge in [-0.25, -0.2) is 9.59 Å². The van der Waals surface area contributed by atoms with Crippen molar-refractivity contribution in [3.05, 3.63) is 143 Å². The van der Waals surface area contributed by atoms with E-state index >= 15 is 0 Å². The van der Waals surface area contributed by atoms with Crippen LogP contribution in [0.4, 0.5) is 0 Å². The van der Waals surface area contributed by atoms with Crippen molar-refractivity contribution in [1.82, 2.24) is 0 Å². The van der Waals surface area contributed by atoms with Crippen molar-refractivity contribution in [1.29, 1.82) is 0 Å². The normalized spacial score (nSPS) is 11.4. The lowest BCUT2D eigenvalue weighted by Crippen LogP contribution is -2.07. The number of hydrogen-bond donors (Lipinski definition) is 0. The summed E-state index contributed by atoms with van der Waals surface area (Å²) < 4.78 is 10.7. The molecule has 186 valence electrons. The van der Waals surface area contributed by atoms with Gasteiger partial charge in [-0.1, -0.05) is 60.7 Å².